The van der Waals surface area contributed by atoms with E-state index >= 15 is 0 Å². The number of hydrogen-bond donors (Lipinski definition) is 0. The molecule has 6 nitrogen and oxygen atoms in total. The average molecular weight is 652 g/mol. The van der Waals surface area contributed by atoms with Gasteiger partial charge in [0.25, 0.3) is 5.56 Å². The number of aromatic nitrogens is 1. The fourth-order valence-electron chi connectivity index (χ4n) is 5.89. The molecule has 0 N–H and O–H groups in total. The van der Waals surface area contributed by atoms with Crippen molar-refractivity contribution in [2.45, 2.75) is 131 Å². The van der Waals surface area contributed by atoms with Crippen LogP contribution in [-0.4, -0.2) is 16.0 Å². The minimum absolute atomic E-state index is 0.0315. The van der Waals surface area contributed by atoms with Crippen molar-refractivity contribution in [3.63, 3.8) is 0 Å². The van der Waals surface area contributed by atoms with E-state index in [0.717, 1.165) is 41.6 Å². The zero-order valence-corrected chi connectivity index (χ0v) is 30.6. The second-order valence-corrected chi connectivity index (χ2v) is 17.4. The highest BCUT2D eigenvalue weighted by Gasteiger charge is 2.34. The zero-order valence-electron chi connectivity index (χ0n) is 29.8. The summed E-state index contributed by atoms with van der Waals surface area (Å²) in [6.45, 7) is 19.6. The molecule has 1 aliphatic rings. The molecule has 7 heteroatoms. The first-order valence-corrected chi connectivity index (χ1v) is 18.6. The first-order chi connectivity index (χ1) is 21.6. The maximum atomic E-state index is 12.8. The summed E-state index contributed by atoms with van der Waals surface area (Å²) in [7, 11) is -3.12. The summed E-state index contributed by atoms with van der Waals surface area (Å²) in [6, 6.07) is 23.3. The molecule has 46 heavy (non-hydrogen) atoms. The molecule has 1 aliphatic carbocycles. The van der Waals surface area contributed by atoms with E-state index in [1.807, 2.05) is 81.4 Å². The first kappa shape index (κ1) is 37.8. The van der Waals surface area contributed by atoms with Crippen LogP contribution in [0.4, 0.5) is 0 Å². The SMILES string of the molecule is CC(C)P(=O)(OCc1ccccc1)OCc1ccccc1.Cc1cc(C2CCCCC2)n(OC(C)(C)CC(C)(C)C(C)C)c(=O)c1. The van der Waals surface area contributed by atoms with Crippen LogP contribution in [0.15, 0.2) is 77.6 Å². The van der Waals surface area contributed by atoms with E-state index in [0.29, 0.717) is 25.0 Å². The van der Waals surface area contributed by atoms with Gasteiger partial charge in [-0.15, -0.1) is 4.73 Å². The Morgan fingerprint density at radius 3 is 1.76 bits per heavy atom. The van der Waals surface area contributed by atoms with Crippen molar-refractivity contribution in [2.75, 3.05) is 0 Å². The van der Waals surface area contributed by atoms with Gasteiger partial charge in [0, 0.05) is 12.0 Å². The van der Waals surface area contributed by atoms with E-state index in [-0.39, 0.29) is 16.6 Å². The molecule has 254 valence electrons. The van der Waals surface area contributed by atoms with E-state index in [9.17, 15) is 9.36 Å². The van der Waals surface area contributed by atoms with Gasteiger partial charge in [0.15, 0.2) is 0 Å². The summed E-state index contributed by atoms with van der Waals surface area (Å²) < 4.78 is 25.7. The van der Waals surface area contributed by atoms with Gasteiger partial charge >= 0.3 is 7.60 Å². The Labute approximate surface area is 278 Å². The maximum absolute atomic E-state index is 12.8. The minimum Gasteiger partial charge on any atom is -0.405 e. The molecule has 4 rings (SSSR count). The Kier molecular flexibility index (Phi) is 13.9. The summed E-state index contributed by atoms with van der Waals surface area (Å²) in [4.78, 5) is 19.1. The Morgan fingerprint density at radius 2 is 1.30 bits per heavy atom. The second kappa shape index (κ2) is 16.9. The third-order valence-corrected chi connectivity index (χ3v) is 11.4. The number of aryl methyl sites for hydroxylation is 1. The van der Waals surface area contributed by atoms with Gasteiger partial charge < -0.3 is 13.9 Å². The molecule has 0 bridgehead atoms. The third-order valence-electron chi connectivity index (χ3n) is 9.11. The van der Waals surface area contributed by atoms with Gasteiger partial charge in [0.2, 0.25) is 0 Å². The van der Waals surface area contributed by atoms with Crippen molar-refractivity contribution in [1.29, 1.82) is 0 Å². The number of hydrogen-bond acceptors (Lipinski definition) is 5. The molecular weight excluding hydrogens is 593 g/mol. The van der Waals surface area contributed by atoms with Crippen LogP contribution in [0.1, 0.15) is 122 Å². The van der Waals surface area contributed by atoms with Crippen LogP contribution in [-0.2, 0) is 26.8 Å². The van der Waals surface area contributed by atoms with Crippen LogP contribution in [0.5, 0.6) is 0 Å². The van der Waals surface area contributed by atoms with E-state index < -0.39 is 13.2 Å². The molecular formula is C39H58NO5P. The summed E-state index contributed by atoms with van der Waals surface area (Å²) in [5, 5.41) is 0. The molecule has 0 saturated heterocycles. The normalized spacial score (nSPS) is 14.7. The van der Waals surface area contributed by atoms with Crippen molar-refractivity contribution >= 4 is 7.60 Å². The van der Waals surface area contributed by atoms with E-state index in [1.54, 1.807) is 10.8 Å². The number of rotatable bonds is 13. The monoisotopic (exact) mass is 651 g/mol. The Balaban J connectivity index is 0.000000254. The van der Waals surface area contributed by atoms with Crippen LogP contribution in [0.25, 0.3) is 0 Å². The van der Waals surface area contributed by atoms with Gasteiger partial charge in [-0.05, 0) is 74.1 Å². The van der Waals surface area contributed by atoms with Crippen LogP contribution < -0.4 is 10.4 Å². The zero-order chi connectivity index (χ0) is 34.0. The largest absolute Gasteiger partial charge is 0.405 e. The quantitative estimate of drug-likeness (QED) is 0.172. The van der Waals surface area contributed by atoms with Crippen molar-refractivity contribution in [2.24, 2.45) is 11.3 Å². The lowest BCUT2D eigenvalue weighted by molar-refractivity contribution is -0.0694. The standard InChI is InChI=1S/C22H37NO2.C17H21O3P/c1-16(2)21(4,5)15-22(6,7)25-23-19(13-17(3)14-20(23)24)18-11-9-8-10-12-18;1-15(2)21(18,19-13-16-9-5-3-6-10-16)20-14-17-11-7-4-8-12-17/h13-14,16,18H,8-12,15H2,1-7H3;3-12,15H,13-14H2,1-2H3. The molecule has 0 unspecified atom stereocenters. The number of benzene rings is 2. The Hall–Kier alpha value is -2.66. The summed E-state index contributed by atoms with van der Waals surface area (Å²) >= 11 is 0. The summed E-state index contributed by atoms with van der Waals surface area (Å²) in [5.41, 5.74) is 3.63. The molecule has 1 saturated carbocycles. The van der Waals surface area contributed by atoms with Crippen molar-refractivity contribution < 1.29 is 18.5 Å². The molecule has 1 aromatic heterocycles. The molecule has 0 spiro atoms. The third kappa shape index (κ3) is 11.5. The van der Waals surface area contributed by atoms with Gasteiger partial charge in [0.05, 0.1) is 24.6 Å². The summed E-state index contributed by atoms with van der Waals surface area (Å²) in [5.74, 6) is 0.998. The molecule has 0 atom stereocenters. The van der Waals surface area contributed by atoms with Crippen LogP contribution in [0.2, 0.25) is 0 Å². The molecule has 0 amide bonds. The van der Waals surface area contributed by atoms with Gasteiger partial charge in [-0.25, -0.2) is 0 Å². The van der Waals surface area contributed by atoms with E-state index in [2.05, 4.69) is 47.6 Å². The van der Waals surface area contributed by atoms with Crippen LogP contribution in [0, 0.1) is 18.3 Å². The summed E-state index contributed by atoms with van der Waals surface area (Å²) in [6.07, 6.45) is 7.02. The lowest BCUT2D eigenvalue weighted by Crippen LogP contribution is -2.45. The topological polar surface area (TPSA) is 66.8 Å². The van der Waals surface area contributed by atoms with Gasteiger partial charge in [0.1, 0.15) is 5.60 Å². The lowest BCUT2D eigenvalue weighted by atomic mass is 9.74. The fraction of sp³-hybridized carbons (Fsp3) is 0.564. The smallest absolute Gasteiger partial charge is 0.333 e. The molecule has 0 aliphatic heterocycles. The Bertz CT molecular complexity index is 1390. The van der Waals surface area contributed by atoms with Gasteiger partial charge in [-0.2, -0.15) is 0 Å². The predicted molar refractivity (Wildman–Crippen MR) is 190 cm³/mol. The molecule has 0 radical (unpaired) electrons. The highest BCUT2D eigenvalue weighted by molar-refractivity contribution is 7.54. The van der Waals surface area contributed by atoms with Crippen molar-refractivity contribution in [3.05, 3.63) is 106 Å². The molecule has 1 fully saturated rings. The Morgan fingerprint density at radius 1 is 0.804 bits per heavy atom. The first-order valence-electron chi connectivity index (χ1n) is 17.0. The fourth-order valence-corrected chi connectivity index (χ4v) is 7.22. The molecule has 3 aromatic rings. The average Bonchev–Trinajstić information content (AvgIpc) is 3.01. The van der Waals surface area contributed by atoms with E-state index in [1.165, 1.54) is 19.3 Å². The van der Waals surface area contributed by atoms with E-state index in [4.69, 9.17) is 13.9 Å². The highest BCUT2D eigenvalue weighted by Crippen LogP contribution is 2.54. The number of nitrogens with zero attached hydrogens (tertiary/aromatic N) is 1. The van der Waals surface area contributed by atoms with Gasteiger partial charge in [-0.1, -0.05) is 121 Å². The van der Waals surface area contributed by atoms with Crippen LogP contribution >= 0.6 is 7.60 Å². The number of pyridine rings is 1. The lowest BCUT2D eigenvalue weighted by Gasteiger charge is -2.38. The second-order valence-electron chi connectivity index (χ2n) is 14.7. The highest BCUT2D eigenvalue weighted by atomic mass is 31.2. The van der Waals surface area contributed by atoms with Crippen LogP contribution in [0.3, 0.4) is 0 Å². The molecule has 2 aromatic carbocycles. The van der Waals surface area contributed by atoms with Crippen molar-refractivity contribution in [3.8, 4) is 0 Å². The van der Waals surface area contributed by atoms with Crippen molar-refractivity contribution in [1.82, 2.24) is 4.73 Å². The predicted octanol–water partition coefficient (Wildman–Crippen LogP) is 10.5. The maximum Gasteiger partial charge on any atom is 0.333 e. The molecule has 1 heterocycles. The minimum atomic E-state index is -3.12. The van der Waals surface area contributed by atoms with Gasteiger partial charge in [-0.3, -0.25) is 9.36 Å².